The van der Waals surface area contributed by atoms with Crippen LogP contribution in [0.2, 0.25) is 0 Å². The van der Waals surface area contributed by atoms with Gasteiger partial charge in [0.25, 0.3) is 0 Å². The van der Waals surface area contributed by atoms with Crippen LogP contribution in [0.15, 0.2) is 24.3 Å². The molecule has 0 radical (unpaired) electrons. The number of benzene rings is 1. The Kier molecular flexibility index (Phi) is 3.92. The highest BCUT2D eigenvalue weighted by Crippen LogP contribution is 2.29. The van der Waals surface area contributed by atoms with Crippen molar-refractivity contribution in [2.45, 2.75) is 19.1 Å². The van der Waals surface area contributed by atoms with Gasteiger partial charge in [-0.3, -0.25) is 0 Å². The molecule has 2 atom stereocenters. The van der Waals surface area contributed by atoms with Crippen LogP contribution in [0.3, 0.4) is 0 Å². The van der Waals surface area contributed by atoms with E-state index in [1.165, 1.54) is 0 Å². The van der Waals surface area contributed by atoms with Gasteiger partial charge in [0.1, 0.15) is 11.9 Å². The molecule has 0 unspecified atom stereocenters. The van der Waals surface area contributed by atoms with Crippen LogP contribution < -0.4 is 0 Å². The molecule has 0 saturated heterocycles. The number of phenols is 1. The number of ether oxygens (including phenoxy) is 2. The van der Waals surface area contributed by atoms with E-state index >= 15 is 0 Å². The SMILES string of the molecule is CO[C@@H](C)[C@H](OC)c1ccccc1O. The second-order valence-electron chi connectivity index (χ2n) is 3.16. The summed E-state index contributed by atoms with van der Waals surface area (Å²) in [4.78, 5) is 0. The third kappa shape index (κ3) is 2.25. The number of hydrogen-bond donors (Lipinski definition) is 1. The average Bonchev–Trinajstić information content (AvgIpc) is 2.21. The molecular weight excluding hydrogens is 180 g/mol. The molecule has 0 saturated carbocycles. The second-order valence-corrected chi connectivity index (χ2v) is 3.16. The van der Waals surface area contributed by atoms with Gasteiger partial charge in [0.15, 0.2) is 0 Å². The van der Waals surface area contributed by atoms with Gasteiger partial charge in [-0.2, -0.15) is 0 Å². The molecule has 1 aromatic carbocycles. The third-order valence-electron chi connectivity index (χ3n) is 2.30. The molecule has 0 amide bonds. The van der Waals surface area contributed by atoms with Crippen molar-refractivity contribution in [2.24, 2.45) is 0 Å². The molecule has 1 N–H and O–H groups in total. The number of phenolic OH excluding ortho intramolecular Hbond substituents is 1. The molecule has 0 fully saturated rings. The van der Waals surface area contributed by atoms with E-state index in [1.54, 1.807) is 26.4 Å². The monoisotopic (exact) mass is 196 g/mol. The quantitative estimate of drug-likeness (QED) is 0.801. The highest BCUT2D eigenvalue weighted by atomic mass is 16.5. The van der Waals surface area contributed by atoms with Crippen molar-refractivity contribution < 1.29 is 14.6 Å². The summed E-state index contributed by atoms with van der Waals surface area (Å²) in [7, 11) is 3.23. The van der Waals surface area contributed by atoms with Crippen LogP contribution in [0.5, 0.6) is 5.75 Å². The molecule has 0 aliphatic rings. The second kappa shape index (κ2) is 4.98. The van der Waals surface area contributed by atoms with Gasteiger partial charge in [0.2, 0.25) is 0 Å². The summed E-state index contributed by atoms with van der Waals surface area (Å²) in [6.07, 6.45) is -0.325. The van der Waals surface area contributed by atoms with Crippen molar-refractivity contribution in [3.05, 3.63) is 29.8 Å². The van der Waals surface area contributed by atoms with Crippen LogP contribution in [0.4, 0.5) is 0 Å². The largest absolute Gasteiger partial charge is 0.508 e. The highest BCUT2D eigenvalue weighted by molar-refractivity contribution is 5.34. The van der Waals surface area contributed by atoms with E-state index in [-0.39, 0.29) is 18.0 Å². The van der Waals surface area contributed by atoms with Gasteiger partial charge in [0.05, 0.1) is 6.10 Å². The molecule has 3 heteroatoms. The first kappa shape index (κ1) is 11.0. The van der Waals surface area contributed by atoms with Crippen molar-refractivity contribution >= 4 is 0 Å². The molecule has 0 spiro atoms. The van der Waals surface area contributed by atoms with E-state index in [9.17, 15) is 5.11 Å². The molecule has 0 aliphatic carbocycles. The molecule has 0 bridgehead atoms. The summed E-state index contributed by atoms with van der Waals surface area (Å²) in [5.74, 6) is 0.239. The molecular formula is C11H16O3. The van der Waals surface area contributed by atoms with Crippen LogP contribution in [0, 0.1) is 0 Å². The van der Waals surface area contributed by atoms with Crippen LogP contribution in [-0.4, -0.2) is 25.4 Å². The van der Waals surface area contributed by atoms with Crippen molar-refractivity contribution in [3.63, 3.8) is 0 Å². The predicted octanol–water partition coefficient (Wildman–Crippen LogP) is 2.11. The fourth-order valence-electron chi connectivity index (χ4n) is 1.42. The minimum absolute atomic E-state index is 0.0895. The lowest BCUT2D eigenvalue weighted by molar-refractivity contribution is -0.0287. The van der Waals surface area contributed by atoms with E-state index in [4.69, 9.17) is 9.47 Å². The first-order valence-electron chi connectivity index (χ1n) is 4.54. The summed E-state index contributed by atoms with van der Waals surface area (Å²) in [6, 6.07) is 7.12. The van der Waals surface area contributed by atoms with E-state index in [2.05, 4.69) is 0 Å². The third-order valence-corrected chi connectivity index (χ3v) is 2.30. The zero-order valence-electron chi connectivity index (χ0n) is 8.73. The zero-order valence-corrected chi connectivity index (χ0v) is 8.73. The van der Waals surface area contributed by atoms with Crippen molar-refractivity contribution in [3.8, 4) is 5.75 Å². The first-order chi connectivity index (χ1) is 6.70. The Bertz CT molecular complexity index is 286. The smallest absolute Gasteiger partial charge is 0.121 e. The number of aromatic hydroxyl groups is 1. The maximum atomic E-state index is 9.62. The van der Waals surface area contributed by atoms with Gasteiger partial charge < -0.3 is 14.6 Å². The Morgan fingerprint density at radius 2 is 1.79 bits per heavy atom. The summed E-state index contributed by atoms with van der Waals surface area (Å²) in [5, 5.41) is 9.62. The van der Waals surface area contributed by atoms with Crippen LogP contribution >= 0.6 is 0 Å². The van der Waals surface area contributed by atoms with Gasteiger partial charge in [-0.05, 0) is 13.0 Å². The zero-order chi connectivity index (χ0) is 10.6. The van der Waals surface area contributed by atoms with E-state index in [0.717, 1.165) is 5.56 Å². The van der Waals surface area contributed by atoms with E-state index in [0.29, 0.717) is 0 Å². The van der Waals surface area contributed by atoms with E-state index < -0.39 is 0 Å². The average molecular weight is 196 g/mol. The Labute approximate surface area is 84.3 Å². The Hall–Kier alpha value is -1.06. The summed E-state index contributed by atoms with van der Waals surface area (Å²) < 4.78 is 10.5. The summed E-state index contributed by atoms with van der Waals surface area (Å²) in [5.41, 5.74) is 0.754. The maximum absolute atomic E-state index is 9.62. The van der Waals surface area contributed by atoms with Gasteiger partial charge in [-0.1, -0.05) is 18.2 Å². The molecule has 14 heavy (non-hydrogen) atoms. The van der Waals surface area contributed by atoms with Gasteiger partial charge in [0, 0.05) is 19.8 Å². The normalized spacial score (nSPS) is 15.1. The lowest BCUT2D eigenvalue weighted by atomic mass is 10.0. The Balaban J connectivity index is 2.94. The molecule has 0 heterocycles. The predicted molar refractivity (Wildman–Crippen MR) is 54.3 cm³/mol. The van der Waals surface area contributed by atoms with Gasteiger partial charge >= 0.3 is 0 Å². The standard InChI is InChI=1S/C11H16O3/c1-8(13-2)11(14-3)9-6-4-5-7-10(9)12/h4-8,11-12H,1-3H3/t8-,11-/m0/s1. The molecule has 1 rings (SSSR count). The highest BCUT2D eigenvalue weighted by Gasteiger charge is 2.20. The number of para-hydroxylation sites is 1. The fourth-order valence-corrected chi connectivity index (χ4v) is 1.42. The lowest BCUT2D eigenvalue weighted by Gasteiger charge is -2.22. The summed E-state index contributed by atoms with van der Waals surface area (Å²) in [6.45, 7) is 1.90. The Morgan fingerprint density at radius 1 is 1.14 bits per heavy atom. The van der Waals surface area contributed by atoms with Crippen LogP contribution in [0.1, 0.15) is 18.6 Å². The Morgan fingerprint density at radius 3 is 2.29 bits per heavy atom. The van der Waals surface area contributed by atoms with Crippen molar-refractivity contribution in [2.75, 3.05) is 14.2 Å². The fraction of sp³-hybridized carbons (Fsp3) is 0.455. The lowest BCUT2D eigenvalue weighted by Crippen LogP contribution is -2.19. The molecule has 0 aliphatic heterocycles. The number of methoxy groups -OCH3 is 2. The molecule has 0 aromatic heterocycles. The van der Waals surface area contributed by atoms with Crippen molar-refractivity contribution in [1.29, 1.82) is 0 Å². The molecule has 1 aromatic rings. The van der Waals surface area contributed by atoms with Crippen LogP contribution in [-0.2, 0) is 9.47 Å². The van der Waals surface area contributed by atoms with Crippen molar-refractivity contribution in [1.82, 2.24) is 0 Å². The maximum Gasteiger partial charge on any atom is 0.121 e. The van der Waals surface area contributed by atoms with Gasteiger partial charge in [-0.25, -0.2) is 0 Å². The minimum atomic E-state index is -0.235. The van der Waals surface area contributed by atoms with Crippen LogP contribution in [0.25, 0.3) is 0 Å². The first-order valence-corrected chi connectivity index (χ1v) is 4.54. The molecule has 78 valence electrons. The van der Waals surface area contributed by atoms with E-state index in [1.807, 2.05) is 19.1 Å². The topological polar surface area (TPSA) is 38.7 Å². The minimum Gasteiger partial charge on any atom is -0.508 e. The summed E-state index contributed by atoms with van der Waals surface area (Å²) >= 11 is 0. The molecule has 3 nitrogen and oxygen atoms in total. The number of hydrogen-bond acceptors (Lipinski definition) is 3. The number of rotatable bonds is 4. The van der Waals surface area contributed by atoms with Gasteiger partial charge in [-0.15, -0.1) is 0 Å².